The molecule has 0 saturated heterocycles. The molecule has 0 aliphatic rings. The molecule has 32 heavy (non-hydrogen) atoms. The maximum atomic E-state index is 12.5. The Morgan fingerprint density at radius 3 is 1.81 bits per heavy atom. The molecule has 0 unspecified atom stereocenters. The zero-order chi connectivity index (χ0) is 23.8. The highest BCUT2D eigenvalue weighted by atomic mass is 32.2. The Kier molecular flexibility index (Phi) is 14.5. The summed E-state index contributed by atoms with van der Waals surface area (Å²) < 4.78 is 27.4. The number of benzene rings is 1. The summed E-state index contributed by atoms with van der Waals surface area (Å²) in [5.41, 5.74) is 0.941. The van der Waals surface area contributed by atoms with E-state index in [-0.39, 0.29) is 4.90 Å². The van der Waals surface area contributed by atoms with E-state index in [1.165, 1.54) is 76.8 Å². The summed E-state index contributed by atoms with van der Waals surface area (Å²) in [5, 5.41) is 12.7. The molecule has 0 spiro atoms. The van der Waals surface area contributed by atoms with E-state index >= 15 is 0 Å². The monoisotopic (exact) mass is 468 g/mol. The predicted octanol–water partition coefficient (Wildman–Crippen LogP) is 4.84. The summed E-state index contributed by atoms with van der Waals surface area (Å²) in [5.74, 6) is -0.501. The van der Waals surface area contributed by atoms with Crippen molar-refractivity contribution in [2.24, 2.45) is 0 Å². The first-order valence-electron chi connectivity index (χ1n) is 12.3. The smallest absolute Gasteiger partial charge is 0.241 e. The van der Waals surface area contributed by atoms with E-state index in [1.54, 1.807) is 12.1 Å². The Hall–Kier alpha value is -1.44. The lowest BCUT2D eigenvalue weighted by atomic mass is 10.1. The van der Waals surface area contributed by atoms with Crippen LogP contribution in [0.4, 0.5) is 0 Å². The molecular formula is C25H44N2O4S. The van der Waals surface area contributed by atoms with Gasteiger partial charge in [-0.3, -0.25) is 4.79 Å². The molecule has 0 radical (unpaired) electrons. The molecule has 7 heteroatoms. The van der Waals surface area contributed by atoms with E-state index in [2.05, 4.69) is 17.0 Å². The number of unbranched alkanes of at least 4 members (excludes halogenated alkanes) is 11. The van der Waals surface area contributed by atoms with Gasteiger partial charge in [0.2, 0.25) is 15.9 Å². The summed E-state index contributed by atoms with van der Waals surface area (Å²) in [6, 6.07) is 5.14. The van der Waals surface area contributed by atoms with Gasteiger partial charge < -0.3 is 10.4 Å². The molecule has 2 atom stereocenters. The van der Waals surface area contributed by atoms with Crippen LogP contribution in [0.15, 0.2) is 29.2 Å². The number of rotatable bonds is 18. The molecule has 0 aliphatic carbocycles. The van der Waals surface area contributed by atoms with Gasteiger partial charge in [-0.05, 0) is 32.4 Å². The van der Waals surface area contributed by atoms with E-state index in [1.807, 2.05) is 6.92 Å². The zero-order valence-corrected chi connectivity index (χ0v) is 21.1. The van der Waals surface area contributed by atoms with Crippen LogP contribution >= 0.6 is 0 Å². The Morgan fingerprint density at radius 2 is 1.34 bits per heavy atom. The second kappa shape index (κ2) is 16.2. The summed E-state index contributed by atoms with van der Waals surface area (Å²) in [6.45, 7) is 5.99. The van der Waals surface area contributed by atoms with Gasteiger partial charge in [0.05, 0.1) is 11.0 Å². The fraction of sp³-hybridized carbons (Fsp3) is 0.720. The van der Waals surface area contributed by atoms with Gasteiger partial charge in [0.1, 0.15) is 6.04 Å². The number of aliphatic hydroxyl groups excluding tert-OH is 1. The molecule has 184 valence electrons. The lowest BCUT2D eigenvalue weighted by molar-refractivity contribution is -0.124. The van der Waals surface area contributed by atoms with Crippen LogP contribution in [0.3, 0.4) is 0 Å². The SMILES string of the molecule is CCCCCCCCCCCCCCNC(=O)[C@@H](NS(=O)(=O)c1ccc(C)cc1)[C@@H](C)O. The van der Waals surface area contributed by atoms with E-state index in [4.69, 9.17) is 0 Å². The highest BCUT2D eigenvalue weighted by molar-refractivity contribution is 7.89. The minimum absolute atomic E-state index is 0.0718. The van der Waals surface area contributed by atoms with Crippen LogP contribution < -0.4 is 10.0 Å². The number of carbonyl (C=O) groups excluding carboxylic acids is 1. The molecule has 3 N–H and O–H groups in total. The molecule has 0 saturated carbocycles. The number of hydrogen-bond donors (Lipinski definition) is 3. The number of sulfonamides is 1. The molecule has 0 aromatic heterocycles. The fourth-order valence-electron chi connectivity index (χ4n) is 3.61. The number of nitrogens with one attached hydrogen (secondary N) is 2. The van der Waals surface area contributed by atoms with Crippen LogP contribution in [0.2, 0.25) is 0 Å². The molecule has 0 fully saturated rings. The van der Waals surface area contributed by atoms with Crippen LogP contribution in [-0.2, 0) is 14.8 Å². The Labute approximate surface area is 195 Å². The maximum Gasteiger partial charge on any atom is 0.241 e. The molecule has 0 aliphatic heterocycles. The fourth-order valence-corrected chi connectivity index (χ4v) is 4.88. The molecule has 0 bridgehead atoms. The summed E-state index contributed by atoms with van der Waals surface area (Å²) >= 11 is 0. The average molecular weight is 469 g/mol. The summed E-state index contributed by atoms with van der Waals surface area (Å²) in [6.07, 6.45) is 13.7. The van der Waals surface area contributed by atoms with Crippen molar-refractivity contribution in [3.63, 3.8) is 0 Å². The molecule has 1 rings (SSSR count). The molecule has 6 nitrogen and oxygen atoms in total. The van der Waals surface area contributed by atoms with Crippen LogP contribution in [0.5, 0.6) is 0 Å². The number of amides is 1. The van der Waals surface area contributed by atoms with Crippen molar-refractivity contribution in [3.05, 3.63) is 29.8 Å². The van der Waals surface area contributed by atoms with Crippen molar-refractivity contribution in [3.8, 4) is 0 Å². The highest BCUT2D eigenvalue weighted by Gasteiger charge is 2.29. The van der Waals surface area contributed by atoms with Gasteiger partial charge in [-0.25, -0.2) is 8.42 Å². The van der Waals surface area contributed by atoms with Gasteiger partial charge in [0.15, 0.2) is 0 Å². The lowest BCUT2D eigenvalue weighted by Gasteiger charge is -2.21. The molecule has 1 aromatic rings. The first-order chi connectivity index (χ1) is 15.3. The molecule has 0 heterocycles. The van der Waals surface area contributed by atoms with Crippen molar-refractivity contribution < 1.29 is 18.3 Å². The number of aryl methyl sites for hydroxylation is 1. The second-order valence-corrected chi connectivity index (χ2v) is 10.5. The van der Waals surface area contributed by atoms with Crippen LogP contribution in [0, 0.1) is 6.92 Å². The Morgan fingerprint density at radius 1 is 0.875 bits per heavy atom. The third-order valence-electron chi connectivity index (χ3n) is 5.71. The van der Waals surface area contributed by atoms with E-state index in [0.29, 0.717) is 6.54 Å². The average Bonchev–Trinajstić information content (AvgIpc) is 2.75. The number of aliphatic hydroxyl groups is 1. The second-order valence-electron chi connectivity index (χ2n) is 8.83. The standard InChI is InChI=1S/C25H44N2O4S/c1-4-5-6-7-8-9-10-11-12-13-14-15-20-26-25(29)24(22(3)28)27-32(30,31)23-18-16-21(2)17-19-23/h16-19,22,24,27-28H,4-15,20H2,1-3H3,(H,26,29)/t22-,24+/m1/s1. The first-order valence-corrected chi connectivity index (χ1v) is 13.8. The third kappa shape index (κ3) is 12.0. The van der Waals surface area contributed by atoms with Crippen molar-refractivity contribution >= 4 is 15.9 Å². The molecule has 1 aromatic carbocycles. The molecule has 1 amide bonds. The van der Waals surface area contributed by atoms with E-state index < -0.39 is 28.1 Å². The quantitative estimate of drug-likeness (QED) is 0.269. The molecular weight excluding hydrogens is 424 g/mol. The zero-order valence-electron chi connectivity index (χ0n) is 20.2. The third-order valence-corrected chi connectivity index (χ3v) is 7.16. The topological polar surface area (TPSA) is 95.5 Å². The van der Waals surface area contributed by atoms with Gasteiger partial charge in [0.25, 0.3) is 0 Å². The first kappa shape index (κ1) is 28.6. The van der Waals surface area contributed by atoms with Crippen molar-refractivity contribution in [1.29, 1.82) is 0 Å². The number of carbonyl (C=O) groups is 1. The summed E-state index contributed by atoms with van der Waals surface area (Å²) in [4.78, 5) is 12.5. The highest BCUT2D eigenvalue weighted by Crippen LogP contribution is 2.13. The largest absolute Gasteiger partial charge is 0.391 e. The van der Waals surface area contributed by atoms with E-state index in [0.717, 1.165) is 24.8 Å². The van der Waals surface area contributed by atoms with Gasteiger partial charge in [-0.2, -0.15) is 4.72 Å². The normalized spacial score (nSPS) is 13.6. The van der Waals surface area contributed by atoms with Crippen LogP contribution in [0.25, 0.3) is 0 Å². The van der Waals surface area contributed by atoms with Gasteiger partial charge in [0, 0.05) is 6.54 Å². The Balaban J connectivity index is 2.23. The Bertz CT molecular complexity index is 733. The van der Waals surface area contributed by atoms with E-state index in [9.17, 15) is 18.3 Å². The van der Waals surface area contributed by atoms with Gasteiger partial charge in [-0.15, -0.1) is 0 Å². The maximum absolute atomic E-state index is 12.5. The van der Waals surface area contributed by atoms with Crippen LogP contribution in [-0.4, -0.2) is 38.1 Å². The van der Waals surface area contributed by atoms with Crippen molar-refractivity contribution in [1.82, 2.24) is 10.0 Å². The van der Waals surface area contributed by atoms with Crippen molar-refractivity contribution in [2.75, 3.05) is 6.54 Å². The summed E-state index contributed by atoms with van der Waals surface area (Å²) in [7, 11) is -3.89. The minimum atomic E-state index is -3.89. The van der Waals surface area contributed by atoms with Crippen molar-refractivity contribution in [2.45, 2.75) is 115 Å². The van der Waals surface area contributed by atoms with Gasteiger partial charge in [-0.1, -0.05) is 95.2 Å². The van der Waals surface area contributed by atoms with Crippen LogP contribution in [0.1, 0.15) is 96.5 Å². The van der Waals surface area contributed by atoms with Gasteiger partial charge >= 0.3 is 0 Å². The predicted molar refractivity (Wildman–Crippen MR) is 131 cm³/mol. The number of hydrogen-bond acceptors (Lipinski definition) is 4. The lowest BCUT2D eigenvalue weighted by Crippen LogP contribution is -2.52. The minimum Gasteiger partial charge on any atom is -0.391 e.